The van der Waals surface area contributed by atoms with Gasteiger partial charge in [-0.25, -0.2) is 4.98 Å². The summed E-state index contributed by atoms with van der Waals surface area (Å²) in [6.45, 7) is 0.582. The third-order valence-corrected chi connectivity index (χ3v) is 3.42. The molecule has 7 heteroatoms. The van der Waals surface area contributed by atoms with E-state index in [1.54, 1.807) is 24.6 Å². The molecule has 0 aliphatic rings. The molecular formula is C12H12N6S. The van der Waals surface area contributed by atoms with Crippen molar-refractivity contribution in [3.8, 4) is 0 Å². The molecule has 0 aliphatic carbocycles. The summed E-state index contributed by atoms with van der Waals surface area (Å²) in [5, 5.41) is 17.2. The molecular weight excluding hydrogens is 260 g/mol. The van der Waals surface area contributed by atoms with Crippen LogP contribution in [0.25, 0.3) is 10.2 Å². The van der Waals surface area contributed by atoms with Crippen molar-refractivity contribution in [1.82, 2.24) is 20.2 Å². The Morgan fingerprint density at radius 1 is 1.26 bits per heavy atom. The fourth-order valence-electron chi connectivity index (χ4n) is 1.70. The summed E-state index contributed by atoms with van der Waals surface area (Å²) in [4.78, 5) is 9.79. The van der Waals surface area contributed by atoms with Crippen LogP contribution in [0.15, 0.2) is 29.8 Å². The van der Waals surface area contributed by atoms with E-state index in [0.717, 1.165) is 21.7 Å². The zero-order valence-corrected chi connectivity index (χ0v) is 11.1. The fraction of sp³-hybridized carbons (Fsp3) is 0.167. The van der Waals surface area contributed by atoms with Crippen LogP contribution >= 0.6 is 11.3 Å². The van der Waals surface area contributed by atoms with E-state index < -0.39 is 0 Å². The maximum absolute atomic E-state index is 4.43. The molecule has 0 atom stereocenters. The Morgan fingerprint density at radius 2 is 2.21 bits per heavy atom. The molecule has 2 N–H and O–H groups in total. The Bertz CT molecular complexity index is 681. The van der Waals surface area contributed by atoms with E-state index in [4.69, 9.17) is 0 Å². The summed E-state index contributed by atoms with van der Waals surface area (Å²) in [7, 11) is 1.81. The van der Waals surface area contributed by atoms with Gasteiger partial charge in [-0.3, -0.25) is 0 Å². The molecule has 0 aromatic carbocycles. The lowest BCUT2D eigenvalue weighted by molar-refractivity contribution is 0.921. The molecule has 0 aliphatic heterocycles. The van der Waals surface area contributed by atoms with Gasteiger partial charge in [0.05, 0.1) is 17.6 Å². The number of hydrogen-bond acceptors (Lipinski definition) is 7. The van der Waals surface area contributed by atoms with Gasteiger partial charge in [-0.05, 0) is 23.6 Å². The summed E-state index contributed by atoms with van der Waals surface area (Å²) in [6.07, 6.45) is 1.66. The molecule has 3 aromatic heterocycles. The summed E-state index contributed by atoms with van der Waals surface area (Å²) >= 11 is 1.59. The molecule has 0 bridgehead atoms. The van der Waals surface area contributed by atoms with Crippen molar-refractivity contribution in [2.24, 2.45) is 0 Å². The van der Waals surface area contributed by atoms with Gasteiger partial charge in [-0.15, -0.1) is 11.3 Å². The van der Waals surface area contributed by atoms with Crippen LogP contribution in [0.4, 0.5) is 11.8 Å². The van der Waals surface area contributed by atoms with Gasteiger partial charge in [0.1, 0.15) is 10.6 Å². The number of rotatable bonds is 4. The first kappa shape index (κ1) is 11.8. The number of hydrogen-bond donors (Lipinski definition) is 2. The molecule has 0 fully saturated rings. The normalized spacial score (nSPS) is 10.6. The lowest BCUT2D eigenvalue weighted by atomic mass is 10.3. The van der Waals surface area contributed by atoms with Crippen molar-refractivity contribution in [3.63, 3.8) is 0 Å². The van der Waals surface area contributed by atoms with Crippen LogP contribution in [0.3, 0.4) is 0 Å². The molecule has 3 rings (SSSR count). The van der Waals surface area contributed by atoms with Crippen molar-refractivity contribution >= 4 is 33.3 Å². The van der Waals surface area contributed by atoms with E-state index in [-0.39, 0.29) is 0 Å². The molecule has 3 heterocycles. The zero-order valence-electron chi connectivity index (χ0n) is 10.3. The number of anilines is 2. The van der Waals surface area contributed by atoms with E-state index in [1.807, 2.05) is 23.6 Å². The lowest BCUT2D eigenvalue weighted by Gasteiger charge is -2.07. The van der Waals surface area contributed by atoms with Crippen LogP contribution in [-0.2, 0) is 6.54 Å². The van der Waals surface area contributed by atoms with E-state index >= 15 is 0 Å². The van der Waals surface area contributed by atoms with Crippen molar-refractivity contribution < 1.29 is 0 Å². The fourth-order valence-corrected chi connectivity index (χ4v) is 2.47. The van der Waals surface area contributed by atoms with Crippen molar-refractivity contribution in [3.05, 3.63) is 35.5 Å². The Balaban J connectivity index is 1.89. The van der Waals surface area contributed by atoms with Gasteiger partial charge < -0.3 is 10.6 Å². The van der Waals surface area contributed by atoms with Crippen LogP contribution < -0.4 is 10.6 Å². The molecule has 96 valence electrons. The zero-order chi connectivity index (χ0) is 13.1. The van der Waals surface area contributed by atoms with Gasteiger partial charge in [0.2, 0.25) is 5.95 Å². The highest BCUT2D eigenvalue weighted by Gasteiger charge is 2.08. The second-order valence-electron chi connectivity index (χ2n) is 3.85. The summed E-state index contributed by atoms with van der Waals surface area (Å²) in [5.41, 5.74) is 0.871. The largest absolute Gasteiger partial charge is 0.364 e. The summed E-state index contributed by atoms with van der Waals surface area (Å²) < 4.78 is 0. The molecule has 0 spiro atoms. The smallest absolute Gasteiger partial charge is 0.225 e. The quantitative estimate of drug-likeness (QED) is 0.758. The highest BCUT2D eigenvalue weighted by Crippen LogP contribution is 2.26. The SMILES string of the molecule is CNc1nc(NCc2cccnn2)c2ccsc2n1. The minimum Gasteiger partial charge on any atom is -0.364 e. The molecule has 0 radical (unpaired) electrons. The second-order valence-corrected chi connectivity index (χ2v) is 4.75. The molecule has 6 nitrogen and oxygen atoms in total. The van der Waals surface area contributed by atoms with Gasteiger partial charge in [0, 0.05) is 13.2 Å². The minimum atomic E-state index is 0.582. The number of thiophene rings is 1. The van der Waals surface area contributed by atoms with Gasteiger partial charge in [-0.1, -0.05) is 0 Å². The predicted octanol–water partition coefficient (Wildman–Crippen LogP) is 2.14. The minimum absolute atomic E-state index is 0.582. The average molecular weight is 272 g/mol. The number of aromatic nitrogens is 4. The highest BCUT2D eigenvalue weighted by atomic mass is 32.1. The second kappa shape index (κ2) is 5.15. The maximum atomic E-state index is 4.43. The standard InChI is InChI=1S/C12H12N6S/c1-13-12-16-10(9-4-6-19-11(9)17-12)14-7-8-3-2-5-15-18-8/h2-6H,7H2,1H3,(H2,13,14,16,17). The van der Waals surface area contributed by atoms with Crippen molar-refractivity contribution in [2.75, 3.05) is 17.7 Å². The molecule has 0 saturated heterocycles. The summed E-state index contributed by atoms with van der Waals surface area (Å²) in [5.74, 6) is 1.41. The summed E-state index contributed by atoms with van der Waals surface area (Å²) in [6, 6.07) is 5.80. The predicted molar refractivity (Wildman–Crippen MR) is 76.3 cm³/mol. The van der Waals surface area contributed by atoms with E-state index in [1.165, 1.54) is 0 Å². The molecule has 3 aromatic rings. The molecule has 19 heavy (non-hydrogen) atoms. The number of nitrogens with one attached hydrogen (secondary N) is 2. The van der Waals surface area contributed by atoms with Crippen molar-refractivity contribution in [2.45, 2.75) is 6.54 Å². The van der Waals surface area contributed by atoms with Gasteiger partial charge in [0.25, 0.3) is 0 Å². The highest BCUT2D eigenvalue weighted by molar-refractivity contribution is 7.16. The van der Waals surface area contributed by atoms with Crippen LogP contribution in [0.1, 0.15) is 5.69 Å². The molecule has 0 unspecified atom stereocenters. The number of nitrogens with zero attached hydrogens (tertiary/aromatic N) is 4. The average Bonchev–Trinajstić information content (AvgIpc) is 2.94. The molecule has 0 saturated carbocycles. The van der Waals surface area contributed by atoms with Crippen LogP contribution in [0.2, 0.25) is 0 Å². The Morgan fingerprint density at radius 3 is 3.00 bits per heavy atom. The topological polar surface area (TPSA) is 75.6 Å². The Labute approximate surface area is 113 Å². The Kier molecular flexibility index (Phi) is 3.20. The van der Waals surface area contributed by atoms with Gasteiger partial charge >= 0.3 is 0 Å². The van der Waals surface area contributed by atoms with Crippen LogP contribution in [0.5, 0.6) is 0 Å². The van der Waals surface area contributed by atoms with Gasteiger partial charge in [-0.2, -0.15) is 15.2 Å². The van der Waals surface area contributed by atoms with E-state index in [9.17, 15) is 0 Å². The first-order valence-electron chi connectivity index (χ1n) is 5.80. The first-order chi connectivity index (χ1) is 9.36. The van der Waals surface area contributed by atoms with E-state index in [0.29, 0.717) is 12.5 Å². The number of fused-ring (bicyclic) bond motifs is 1. The van der Waals surface area contributed by atoms with Gasteiger partial charge in [0.15, 0.2) is 0 Å². The monoisotopic (exact) mass is 272 g/mol. The maximum Gasteiger partial charge on any atom is 0.225 e. The Hall–Kier alpha value is -2.28. The molecule has 0 amide bonds. The first-order valence-corrected chi connectivity index (χ1v) is 6.68. The lowest BCUT2D eigenvalue weighted by Crippen LogP contribution is -2.06. The third-order valence-electron chi connectivity index (χ3n) is 2.61. The van der Waals surface area contributed by atoms with Crippen molar-refractivity contribution in [1.29, 1.82) is 0 Å². The van der Waals surface area contributed by atoms with Crippen LogP contribution in [0, 0.1) is 0 Å². The van der Waals surface area contributed by atoms with E-state index in [2.05, 4.69) is 30.8 Å². The third kappa shape index (κ3) is 2.45. The van der Waals surface area contributed by atoms with Crippen LogP contribution in [-0.4, -0.2) is 27.2 Å².